The summed E-state index contributed by atoms with van der Waals surface area (Å²) in [5.74, 6) is -0.243. The van der Waals surface area contributed by atoms with Crippen LogP contribution in [0.2, 0.25) is 0 Å². The van der Waals surface area contributed by atoms with Gasteiger partial charge in [0.25, 0.3) is 0 Å². The van der Waals surface area contributed by atoms with E-state index < -0.39 is 0 Å². The lowest BCUT2D eigenvalue weighted by Crippen LogP contribution is -1.84. The molecule has 0 radical (unpaired) electrons. The van der Waals surface area contributed by atoms with Gasteiger partial charge in [-0.05, 0) is 55.6 Å². The maximum absolute atomic E-state index is 13.0. The van der Waals surface area contributed by atoms with Crippen LogP contribution in [0.25, 0.3) is 11.1 Å². The topological polar surface area (TPSA) is 12.9 Å². The molecule has 1 aromatic heterocycles. The Morgan fingerprint density at radius 3 is 2.67 bits per heavy atom. The minimum atomic E-state index is -0.243. The minimum absolute atomic E-state index is 0.243. The summed E-state index contributed by atoms with van der Waals surface area (Å²) in [6, 6.07) is 8.31. The first-order chi connectivity index (χ1) is 7.16. The third kappa shape index (κ3) is 2.44. The second-order valence-electron chi connectivity index (χ2n) is 3.00. The van der Waals surface area contributed by atoms with Crippen molar-refractivity contribution < 1.29 is 4.39 Å². The van der Waals surface area contributed by atoms with Crippen LogP contribution in [0.4, 0.5) is 4.39 Å². The molecule has 0 unspecified atom stereocenters. The van der Waals surface area contributed by atoms with E-state index in [1.807, 2.05) is 12.1 Å². The van der Waals surface area contributed by atoms with Crippen LogP contribution < -0.4 is 0 Å². The van der Waals surface area contributed by atoms with Crippen molar-refractivity contribution in [3.8, 4) is 11.1 Å². The quantitative estimate of drug-likeness (QED) is 0.706. The maximum Gasteiger partial charge on any atom is 0.123 e. The van der Waals surface area contributed by atoms with Gasteiger partial charge in [0.2, 0.25) is 0 Å². The zero-order valence-electron chi connectivity index (χ0n) is 7.55. The number of aromatic nitrogens is 1. The number of pyridine rings is 1. The molecule has 0 aliphatic carbocycles. The van der Waals surface area contributed by atoms with E-state index in [1.165, 1.54) is 12.1 Å². The van der Waals surface area contributed by atoms with Crippen LogP contribution in [0.3, 0.4) is 0 Å². The van der Waals surface area contributed by atoms with Crippen LogP contribution in [0.15, 0.2) is 45.6 Å². The van der Waals surface area contributed by atoms with Crippen molar-refractivity contribution >= 4 is 31.9 Å². The Hall–Kier alpha value is -0.740. The van der Waals surface area contributed by atoms with Gasteiger partial charge in [-0.1, -0.05) is 12.1 Å². The molecule has 0 aliphatic rings. The fourth-order valence-electron chi connectivity index (χ4n) is 1.29. The third-order valence-electron chi connectivity index (χ3n) is 1.96. The van der Waals surface area contributed by atoms with Gasteiger partial charge in [-0.25, -0.2) is 9.37 Å². The molecule has 0 fully saturated rings. The lowest BCUT2D eigenvalue weighted by molar-refractivity contribution is 0.628. The van der Waals surface area contributed by atoms with E-state index in [4.69, 9.17) is 0 Å². The van der Waals surface area contributed by atoms with Crippen molar-refractivity contribution in [3.05, 3.63) is 51.4 Å². The van der Waals surface area contributed by atoms with Gasteiger partial charge in [-0.3, -0.25) is 0 Å². The number of rotatable bonds is 1. The molecule has 15 heavy (non-hydrogen) atoms. The smallest absolute Gasteiger partial charge is 0.123 e. The Balaban J connectivity index is 2.58. The normalized spacial score (nSPS) is 10.3. The van der Waals surface area contributed by atoms with Gasteiger partial charge in [0.05, 0.1) is 0 Å². The summed E-state index contributed by atoms with van der Waals surface area (Å²) >= 11 is 6.67. The minimum Gasteiger partial charge on any atom is -0.248 e. The van der Waals surface area contributed by atoms with E-state index in [0.29, 0.717) is 0 Å². The van der Waals surface area contributed by atoms with Crippen molar-refractivity contribution in [2.75, 3.05) is 0 Å². The maximum atomic E-state index is 13.0. The summed E-state index contributed by atoms with van der Waals surface area (Å²) in [5, 5.41) is 0. The molecule has 0 aliphatic heterocycles. The molecule has 1 aromatic carbocycles. The van der Waals surface area contributed by atoms with E-state index in [9.17, 15) is 4.39 Å². The van der Waals surface area contributed by atoms with Gasteiger partial charge >= 0.3 is 0 Å². The third-order valence-corrected chi connectivity index (χ3v) is 3.02. The van der Waals surface area contributed by atoms with Gasteiger partial charge in [-0.15, -0.1) is 0 Å². The van der Waals surface area contributed by atoms with Gasteiger partial charge < -0.3 is 0 Å². The molecule has 0 saturated carbocycles. The molecular weight excluding hydrogens is 325 g/mol. The average molecular weight is 331 g/mol. The molecule has 0 bridgehead atoms. The van der Waals surface area contributed by atoms with Gasteiger partial charge in [-0.2, -0.15) is 0 Å². The zero-order chi connectivity index (χ0) is 10.8. The summed E-state index contributed by atoms with van der Waals surface area (Å²) in [6.07, 6.45) is 1.68. The standard InChI is InChI=1S/C11H6Br2FN/c12-10-6-15-11(13)5-9(10)7-2-1-3-8(14)4-7/h1-6H. The predicted molar refractivity (Wildman–Crippen MR) is 65.0 cm³/mol. The van der Waals surface area contributed by atoms with Crippen LogP contribution >= 0.6 is 31.9 Å². The van der Waals surface area contributed by atoms with Crippen molar-refractivity contribution in [2.45, 2.75) is 0 Å². The highest BCUT2D eigenvalue weighted by Crippen LogP contribution is 2.29. The predicted octanol–water partition coefficient (Wildman–Crippen LogP) is 4.41. The molecule has 76 valence electrons. The van der Waals surface area contributed by atoms with Crippen molar-refractivity contribution in [3.63, 3.8) is 0 Å². The van der Waals surface area contributed by atoms with Crippen molar-refractivity contribution in [2.24, 2.45) is 0 Å². The van der Waals surface area contributed by atoms with Crippen molar-refractivity contribution in [1.29, 1.82) is 0 Å². The molecule has 1 heterocycles. The summed E-state index contributed by atoms with van der Waals surface area (Å²) in [5.41, 5.74) is 1.74. The molecule has 2 aromatic rings. The number of hydrogen-bond acceptors (Lipinski definition) is 1. The first kappa shape index (κ1) is 10.8. The number of benzene rings is 1. The summed E-state index contributed by atoms with van der Waals surface area (Å²) < 4.78 is 14.6. The monoisotopic (exact) mass is 329 g/mol. The number of nitrogens with zero attached hydrogens (tertiary/aromatic N) is 1. The largest absolute Gasteiger partial charge is 0.248 e. The molecule has 0 amide bonds. The molecule has 0 N–H and O–H groups in total. The molecule has 1 nitrogen and oxygen atoms in total. The van der Waals surface area contributed by atoms with Crippen LogP contribution in [0.1, 0.15) is 0 Å². The molecule has 4 heteroatoms. The van der Waals surface area contributed by atoms with Crippen LogP contribution in [0, 0.1) is 5.82 Å². The first-order valence-corrected chi connectivity index (χ1v) is 5.82. The van der Waals surface area contributed by atoms with Crippen LogP contribution in [-0.2, 0) is 0 Å². The number of hydrogen-bond donors (Lipinski definition) is 0. The van der Waals surface area contributed by atoms with E-state index >= 15 is 0 Å². The van der Waals surface area contributed by atoms with Crippen LogP contribution in [0.5, 0.6) is 0 Å². The Morgan fingerprint density at radius 1 is 1.13 bits per heavy atom. The highest BCUT2D eigenvalue weighted by Gasteiger charge is 2.05. The average Bonchev–Trinajstić information content (AvgIpc) is 2.22. The van der Waals surface area contributed by atoms with E-state index in [-0.39, 0.29) is 5.82 Å². The van der Waals surface area contributed by atoms with Gasteiger partial charge in [0, 0.05) is 16.2 Å². The lowest BCUT2D eigenvalue weighted by Gasteiger charge is -2.04. The van der Waals surface area contributed by atoms with Crippen LogP contribution in [-0.4, -0.2) is 4.98 Å². The fourth-order valence-corrected chi connectivity index (χ4v) is 2.07. The second kappa shape index (κ2) is 4.41. The Kier molecular flexibility index (Phi) is 3.17. The summed E-state index contributed by atoms with van der Waals surface area (Å²) in [7, 11) is 0. The zero-order valence-corrected chi connectivity index (χ0v) is 10.7. The molecular formula is C11H6Br2FN. The summed E-state index contributed by atoms with van der Waals surface area (Å²) in [4.78, 5) is 4.06. The van der Waals surface area contributed by atoms with Gasteiger partial charge in [0.15, 0.2) is 0 Å². The van der Waals surface area contributed by atoms with Gasteiger partial charge in [0.1, 0.15) is 10.4 Å². The summed E-state index contributed by atoms with van der Waals surface area (Å²) in [6.45, 7) is 0. The second-order valence-corrected chi connectivity index (χ2v) is 4.66. The Morgan fingerprint density at radius 2 is 1.93 bits per heavy atom. The van der Waals surface area contributed by atoms with Crippen molar-refractivity contribution in [1.82, 2.24) is 4.98 Å². The Labute approximate surface area is 104 Å². The van der Waals surface area contributed by atoms with E-state index in [1.54, 1.807) is 12.3 Å². The molecule has 2 rings (SSSR count). The highest BCUT2D eigenvalue weighted by atomic mass is 79.9. The molecule has 0 atom stereocenters. The highest BCUT2D eigenvalue weighted by molar-refractivity contribution is 9.11. The molecule has 0 saturated heterocycles. The van der Waals surface area contributed by atoms with E-state index in [2.05, 4.69) is 36.8 Å². The lowest BCUT2D eigenvalue weighted by atomic mass is 10.1. The first-order valence-electron chi connectivity index (χ1n) is 4.24. The van der Waals surface area contributed by atoms with E-state index in [0.717, 1.165) is 20.2 Å². The Bertz CT molecular complexity index is 500. The molecule has 0 spiro atoms. The SMILES string of the molecule is Fc1cccc(-c2cc(Br)ncc2Br)c1. The fraction of sp³-hybridized carbons (Fsp3) is 0. The number of halogens is 3.